The molecule has 1 aromatic heterocycles. The van der Waals surface area contributed by atoms with Gasteiger partial charge in [-0.25, -0.2) is 4.79 Å². The molecule has 1 aliphatic heterocycles. The topological polar surface area (TPSA) is 109 Å². The molecule has 1 saturated heterocycles. The van der Waals surface area contributed by atoms with Gasteiger partial charge < -0.3 is 15.0 Å². The van der Waals surface area contributed by atoms with Crippen LogP contribution in [0.2, 0.25) is 0 Å². The van der Waals surface area contributed by atoms with Gasteiger partial charge in [0.05, 0.1) is 10.5 Å². The summed E-state index contributed by atoms with van der Waals surface area (Å²) in [4.78, 5) is 50.0. The van der Waals surface area contributed by atoms with Gasteiger partial charge >= 0.3 is 5.97 Å². The van der Waals surface area contributed by atoms with Gasteiger partial charge in [0.2, 0.25) is 5.91 Å². The molecular formula is C25H21N3O5S. The average Bonchev–Trinajstić information content (AvgIpc) is 3.36. The minimum absolute atomic E-state index is 0.165. The third kappa shape index (κ3) is 4.79. The van der Waals surface area contributed by atoms with Crippen molar-refractivity contribution in [2.75, 3.05) is 11.9 Å². The lowest BCUT2D eigenvalue weighted by molar-refractivity contribution is -0.127. The molecule has 0 radical (unpaired) electrons. The molecule has 34 heavy (non-hydrogen) atoms. The van der Waals surface area contributed by atoms with Crippen LogP contribution in [-0.4, -0.2) is 44.1 Å². The Morgan fingerprint density at radius 3 is 2.47 bits per heavy atom. The van der Waals surface area contributed by atoms with E-state index >= 15 is 0 Å². The van der Waals surface area contributed by atoms with Crippen molar-refractivity contribution in [2.45, 2.75) is 13.8 Å². The number of imide groups is 1. The maximum Gasteiger partial charge on any atom is 0.335 e. The second-order valence-corrected chi connectivity index (χ2v) is 8.78. The van der Waals surface area contributed by atoms with Crippen molar-refractivity contribution in [1.82, 2.24) is 9.47 Å². The Labute approximate surface area is 199 Å². The number of hydrogen-bond acceptors (Lipinski definition) is 5. The third-order valence-corrected chi connectivity index (χ3v) is 6.19. The first-order valence-electron chi connectivity index (χ1n) is 10.4. The lowest BCUT2D eigenvalue weighted by atomic mass is 10.1. The van der Waals surface area contributed by atoms with E-state index in [0.29, 0.717) is 17.1 Å². The molecule has 3 amide bonds. The summed E-state index contributed by atoms with van der Waals surface area (Å²) >= 11 is 0.771. The summed E-state index contributed by atoms with van der Waals surface area (Å²) in [7, 11) is 0. The zero-order valence-electron chi connectivity index (χ0n) is 18.4. The molecule has 1 aliphatic rings. The van der Waals surface area contributed by atoms with Crippen molar-refractivity contribution in [3.05, 3.63) is 88.1 Å². The van der Waals surface area contributed by atoms with Gasteiger partial charge in [0.1, 0.15) is 6.54 Å². The first kappa shape index (κ1) is 23.1. The smallest absolute Gasteiger partial charge is 0.335 e. The predicted octanol–water partition coefficient (Wildman–Crippen LogP) is 4.47. The average molecular weight is 476 g/mol. The number of nitrogens with one attached hydrogen (secondary N) is 1. The molecule has 2 aromatic carbocycles. The number of carboxylic acid groups (broad SMARTS) is 1. The van der Waals surface area contributed by atoms with E-state index in [1.165, 1.54) is 12.1 Å². The van der Waals surface area contributed by atoms with Crippen molar-refractivity contribution in [3.8, 4) is 5.69 Å². The normalized spacial score (nSPS) is 14.6. The summed E-state index contributed by atoms with van der Waals surface area (Å²) in [5.41, 5.74) is 4.08. The van der Waals surface area contributed by atoms with Crippen molar-refractivity contribution < 1.29 is 24.3 Å². The molecular weight excluding hydrogens is 454 g/mol. The second-order valence-electron chi connectivity index (χ2n) is 7.79. The summed E-state index contributed by atoms with van der Waals surface area (Å²) in [5.74, 6) is -2.02. The monoisotopic (exact) mass is 475 g/mol. The minimum Gasteiger partial charge on any atom is -0.478 e. The molecule has 1 fully saturated rings. The van der Waals surface area contributed by atoms with E-state index in [2.05, 4.69) is 5.32 Å². The fraction of sp³-hybridized carbons (Fsp3) is 0.120. The van der Waals surface area contributed by atoms with Crippen LogP contribution in [0.3, 0.4) is 0 Å². The van der Waals surface area contributed by atoms with Crippen molar-refractivity contribution in [1.29, 1.82) is 0 Å². The standard InChI is InChI=1S/C25H21N3O5S/c1-15-5-10-20(16(2)12-15)26-22(29)14-28-23(30)21(34-25(28)33)13-19-4-3-11-27(19)18-8-6-17(7-9-18)24(31)32/h3-13H,14H2,1-2H3,(H,26,29)(H,31,32)/b21-13-. The number of nitrogens with zero attached hydrogens (tertiary/aromatic N) is 2. The highest BCUT2D eigenvalue weighted by molar-refractivity contribution is 8.18. The van der Waals surface area contributed by atoms with Crippen molar-refractivity contribution in [2.24, 2.45) is 0 Å². The Balaban J connectivity index is 1.50. The van der Waals surface area contributed by atoms with Crippen LogP contribution in [0.5, 0.6) is 0 Å². The highest BCUT2D eigenvalue weighted by Gasteiger charge is 2.36. The van der Waals surface area contributed by atoms with Crippen LogP contribution in [0.4, 0.5) is 10.5 Å². The first-order valence-corrected chi connectivity index (χ1v) is 11.2. The molecule has 8 nitrogen and oxygen atoms in total. The summed E-state index contributed by atoms with van der Waals surface area (Å²) in [6.07, 6.45) is 3.35. The number of thioether (sulfide) groups is 1. The zero-order valence-corrected chi connectivity index (χ0v) is 19.3. The molecule has 0 saturated carbocycles. The number of benzene rings is 2. The van der Waals surface area contributed by atoms with Crippen molar-refractivity contribution in [3.63, 3.8) is 0 Å². The molecule has 9 heteroatoms. The van der Waals surface area contributed by atoms with E-state index in [1.54, 1.807) is 47.2 Å². The highest BCUT2D eigenvalue weighted by atomic mass is 32.2. The quantitative estimate of drug-likeness (QED) is 0.510. The van der Waals surface area contributed by atoms with Gasteiger partial charge in [-0.05, 0) is 79.7 Å². The van der Waals surface area contributed by atoms with Crippen LogP contribution in [0.1, 0.15) is 27.2 Å². The van der Waals surface area contributed by atoms with E-state index in [-0.39, 0.29) is 17.0 Å². The van der Waals surface area contributed by atoms with Gasteiger partial charge in [0, 0.05) is 23.3 Å². The first-order chi connectivity index (χ1) is 16.2. The second kappa shape index (κ2) is 9.40. The fourth-order valence-corrected chi connectivity index (χ4v) is 4.39. The number of carboxylic acids is 1. The van der Waals surface area contributed by atoms with Crippen LogP contribution in [-0.2, 0) is 9.59 Å². The van der Waals surface area contributed by atoms with Gasteiger partial charge in [-0.2, -0.15) is 0 Å². The molecule has 0 bridgehead atoms. The Bertz CT molecular complexity index is 1340. The number of aromatic nitrogens is 1. The molecule has 172 valence electrons. The van der Waals surface area contributed by atoms with Gasteiger partial charge in [-0.3, -0.25) is 19.3 Å². The number of carbonyl (C=O) groups excluding carboxylic acids is 3. The number of carbonyl (C=O) groups is 4. The minimum atomic E-state index is -1.02. The zero-order chi connectivity index (χ0) is 24.4. The summed E-state index contributed by atoms with van der Waals surface area (Å²) in [5, 5.41) is 11.3. The number of rotatable bonds is 6. The van der Waals surface area contributed by atoms with E-state index in [1.807, 2.05) is 26.0 Å². The van der Waals surface area contributed by atoms with Crippen LogP contribution in [0.15, 0.2) is 65.7 Å². The van der Waals surface area contributed by atoms with Crippen LogP contribution in [0, 0.1) is 13.8 Å². The van der Waals surface area contributed by atoms with Gasteiger partial charge in [-0.1, -0.05) is 17.7 Å². The Hall–Kier alpha value is -4.11. The summed E-state index contributed by atoms with van der Waals surface area (Å²) < 4.78 is 1.77. The molecule has 0 spiro atoms. The van der Waals surface area contributed by atoms with Gasteiger partial charge in [0.15, 0.2) is 0 Å². The van der Waals surface area contributed by atoms with E-state index < -0.39 is 23.0 Å². The number of aryl methyl sites for hydroxylation is 2. The van der Waals surface area contributed by atoms with Crippen LogP contribution < -0.4 is 5.32 Å². The third-order valence-electron chi connectivity index (χ3n) is 5.28. The van der Waals surface area contributed by atoms with Gasteiger partial charge in [-0.15, -0.1) is 0 Å². The summed E-state index contributed by atoms with van der Waals surface area (Å²) in [6, 6.07) is 15.4. The molecule has 0 aliphatic carbocycles. The predicted molar refractivity (Wildman–Crippen MR) is 130 cm³/mol. The molecule has 2 N–H and O–H groups in total. The number of aromatic carboxylic acids is 1. The van der Waals surface area contributed by atoms with Crippen LogP contribution in [0.25, 0.3) is 11.8 Å². The molecule has 0 atom stereocenters. The maximum absolute atomic E-state index is 12.9. The van der Waals surface area contributed by atoms with E-state index in [9.17, 15) is 19.2 Å². The Morgan fingerprint density at radius 1 is 1.06 bits per heavy atom. The van der Waals surface area contributed by atoms with Crippen molar-refractivity contribution >= 4 is 46.5 Å². The molecule has 4 rings (SSSR count). The lowest BCUT2D eigenvalue weighted by Gasteiger charge is -2.14. The summed E-state index contributed by atoms with van der Waals surface area (Å²) in [6.45, 7) is 3.44. The Kier molecular flexibility index (Phi) is 6.38. The lowest BCUT2D eigenvalue weighted by Crippen LogP contribution is -2.36. The molecule has 3 aromatic rings. The fourth-order valence-electron chi connectivity index (χ4n) is 3.57. The molecule has 2 heterocycles. The Morgan fingerprint density at radius 2 is 1.79 bits per heavy atom. The highest BCUT2D eigenvalue weighted by Crippen LogP contribution is 2.32. The number of amides is 3. The number of anilines is 1. The largest absolute Gasteiger partial charge is 0.478 e. The maximum atomic E-state index is 12.9. The van der Waals surface area contributed by atoms with Gasteiger partial charge in [0.25, 0.3) is 11.1 Å². The SMILES string of the molecule is Cc1ccc(NC(=O)CN2C(=O)S/C(=C\c3cccn3-c3ccc(C(=O)O)cc3)C2=O)c(C)c1. The number of hydrogen-bond donors (Lipinski definition) is 2. The molecule has 0 unspecified atom stereocenters. The van der Waals surface area contributed by atoms with E-state index in [0.717, 1.165) is 27.8 Å². The van der Waals surface area contributed by atoms with E-state index in [4.69, 9.17) is 5.11 Å². The van der Waals surface area contributed by atoms with Crippen LogP contribution >= 0.6 is 11.8 Å².